The normalized spacial score (nSPS) is 22.9. The fraction of sp³-hybridized carbons (Fsp3) is 0.448. The van der Waals surface area contributed by atoms with Gasteiger partial charge in [-0.2, -0.15) is 10.0 Å². The Balaban J connectivity index is 1.59. The Bertz CT molecular complexity index is 1350. The topological polar surface area (TPSA) is 72.8 Å². The average Bonchev–Trinajstić information content (AvgIpc) is 3.56. The zero-order valence-electron chi connectivity index (χ0n) is 21.2. The van der Waals surface area contributed by atoms with Crippen molar-refractivity contribution in [3.05, 3.63) is 53.1 Å². The van der Waals surface area contributed by atoms with Gasteiger partial charge in [0.25, 0.3) is 5.91 Å². The van der Waals surface area contributed by atoms with E-state index in [1.165, 1.54) is 64.9 Å². The highest BCUT2D eigenvalue weighted by atomic mass is 16.8. The van der Waals surface area contributed by atoms with Crippen LogP contribution < -0.4 is 10.2 Å². The first-order valence-corrected chi connectivity index (χ1v) is 12.9. The third-order valence-electron chi connectivity index (χ3n) is 8.39. The molecule has 7 heteroatoms. The van der Waals surface area contributed by atoms with Crippen LogP contribution in [-0.4, -0.2) is 43.0 Å². The molecule has 188 valence electrons. The monoisotopic (exact) mass is 487 g/mol. The van der Waals surface area contributed by atoms with Gasteiger partial charge in [-0.15, -0.1) is 0 Å². The van der Waals surface area contributed by atoms with Gasteiger partial charge in [-0.25, -0.2) is 5.48 Å². The van der Waals surface area contributed by atoms with E-state index in [0.29, 0.717) is 18.0 Å². The number of hydroxylamine groups is 3. The summed E-state index contributed by atoms with van der Waals surface area (Å²) < 4.78 is 7.90. The van der Waals surface area contributed by atoms with Crippen molar-refractivity contribution in [2.75, 3.05) is 21.2 Å². The lowest BCUT2D eigenvalue weighted by Crippen LogP contribution is -2.30. The third-order valence-corrected chi connectivity index (χ3v) is 8.39. The maximum atomic E-state index is 12.9. The molecule has 0 radical (unpaired) electrons. The van der Waals surface area contributed by atoms with Crippen LogP contribution in [0.25, 0.3) is 22.2 Å². The Morgan fingerprint density at radius 3 is 2.67 bits per heavy atom. The first-order valence-electron chi connectivity index (χ1n) is 12.9. The zero-order chi connectivity index (χ0) is 25.0. The molecular weight excluding hydrogens is 454 g/mol. The predicted molar refractivity (Wildman–Crippen MR) is 138 cm³/mol. The first-order chi connectivity index (χ1) is 17.5. The molecule has 0 bridgehead atoms. The Morgan fingerprint density at radius 1 is 1.14 bits per heavy atom. The maximum absolute atomic E-state index is 12.9. The summed E-state index contributed by atoms with van der Waals surface area (Å²) >= 11 is 0. The molecule has 36 heavy (non-hydrogen) atoms. The first kappa shape index (κ1) is 23.3. The highest BCUT2D eigenvalue weighted by molar-refractivity contribution is 6.01. The minimum absolute atomic E-state index is 0.189. The van der Waals surface area contributed by atoms with Gasteiger partial charge in [0.1, 0.15) is 12.0 Å². The van der Waals surface area contributed by atoms with Gasteiger partial charge in [0.2, 0.25) is 0 Å². The number of carbonyl (C=O) groups excluding carboxylic acids is 2. The third kappa shape index (κ3) is 3.64. The van der Waals surface area contributed by atoms with Gasteiger partial charge in [0.05, 0.1) is 18.2 Å². The van der Waals surface area contributed by atoms with E-state index < -0.39 is 5.41 Å². The molecule has 2 aromatic carbocycles. The molecule has 3 aliphatic rings. The number of carbonyl (C=O) groups is 2. The van der Waals surface area contributed by atoms with Gasteiger partial charge >= 0.3 is 0 Å². The Hall–Kier alpha value is -3.16. The highest BCUT2D eigenvalue weighted by Gasteiger charge is 2.58. The van der Waals surface area contributed by atoms with Crippen molar-refractivity contribution in [3.8, 4) is 17.0 Å². The summed E-state index contributed by atoms with van der Waals surface area (Å²) in [5.41, 5.74) is 8.61. The lowest BCUT2D eigenvalue weighted by molar-refractivity contribution is -0.161. The van der Waals surface area contributed by atoms with Crippen LogP contribution in [0.5, 0.6) is 5.75 Å². The summed E-state index contributed by atoms with van der Waals surface area (Å²) in [5, 5.41) is 2.62. The molecule has 2 heterocycles. The van der Waals surface area contributed by atoms with Gasteiger partial charge < -0.3 is 14.1 Å². The summed E-state index contributed by atoms with van der Waals surface area (Å²) in [6, 6.07) is 12.3. The minimum Gasteiger partial charge on any atom is -0.497 e. The number of rotatable bonds is 6. The van der Waals surface area contributed by atoms with Gasteiger partial charge in [-0.1, -0.05) is 25.3 Å². The summed E-state index contributed by atoms with van der Waals surface area (Å²) in [4.78, 5) is 30.5. The van der Waals surface area contributed by atoms with Gasteiger partial charge in [-0.05, 0) is 72.6 Å². The van der Waals surface area contributed by atoms with E-state index >= 15 is 0 Å². The van der Waals surface area contributed by atoms with E-state index in [4.69, 9.17) is 9.68 Å². The van der Waals surface area contributed by atoms with E-state index in [1.807, 2.05) is 18.2 Å². The molecule has 2 saturated carbocycles. The number of benzene rings is 2. The van der Waals surface area contributed by atoms with Crippen LogP contribution in [0.1, 0.15) is 71.8 Å². The highest BCUT2D eigenvalue weighted by Crippen LogP contribution is 2.64. The average molecular weight is 488 g/mol. The van der Waals surface area contributed by atoms with Crippen LogP contribution in [0.15, 0.2) is 36.4 Å². The fourth-order valence-electron chi connectivity index (χ4n) is 6.52. The van der Waals surface area contributed by atoms with Crippen LogP contribution in [0, 0.1) is 5.41 Å². The molecule has 2 atom stereocenters. The van der Waals surface area contributed by atoms with E-state index in [2.05, 4.69) is 28.2 Å². The molecule has 2 aliphatic carbocycles. The Morgan fingerprint density at radius 2 is 1.94 bits per heavy atom. The van der Waals surface area contributed by atoms with Crippen molar-refractivity contribution in [1.82, 2.24) is 15.1 Å². The van der Waals surface area contributed by atoms with Crippen molar-refractivity contribution < 1.29 is 19.3 Å². The zero-order valence-corrected chi connectivity index (χ0v) is 21.2. The number of nitrogens with zero attached hydrogens (tertiary/aromatic N) is 2. The second kappa shape index (κ2) is 8.75. The SMILES string of the molecule is COc1ccc2c(c1)C1CC1(C=O)Cn1c-2c(C2CCCCC2)c2ccc(C(=O)NON(C)C)cc21. The molecule has 6 rings (SSSR count). The largest absolute Gasteiger partial charge is 0.497 e. The number of aromatic nitrogens is 1. The number of nitrogens with one attached hydrogen (secondary N) is 1. The number of amides is 1. The molecule has 0 spiro atoms. The molecule has 1 aliphatic heterocycles. The molecule has 7 nitrogen and oxygen atoms in total. The van der Waals surface area contributed by atoms with Crippen molar-refractivity contribution in [2.45, 2.75) is 56.9 Å². The van der Waals surface area contributed by atoms with Crippen LogP contribution in [0.3, 0.4) is 0 Å². The van der Waals surface area contributed by atoms with Crippen molar-refractivity contribution in [1.29, 1.82) is 0 Å². The predicted octanol–water partition coefficient (Wildman–Crippen LogP) is 5.19. The van der Waals surface area contributed by atoms with E-state index in [0.717, 1.165) is 24.0 Å². The Labute approximate surface area is 211 Å². The van der Waals surface area contributed by atoms with Crippen LogP contribution in [0.2, 0.25) is 0 Å². The number of ether oxygens (including phenoxy) is 1. The number of aldehydes is 1. The molecule has 2 fully saturated rings. The fourth-order valence-corrected chi connectivity index (χ4v) is 6.52. The molecule has 1 N–H and O–H groups in total. The second-order valence-corrected chi connectivity index (χ2v) is 10.8. The van der Waals surface area contributed by atoms with E-state index in [-0.39, 0.29) is 11.8 Å². The molecular formula is C29H33N3O4. The molecule has 1 amide bonds. The number of fused-ring (bicyclic) bond motifs is 7. The quantitative estimate of drug-likeness (QED) is 0.383. The van der Waals surface area contributed by atoms with Crippen molar-refractivity contribution >= 4 is 23.1 Å². The molecule has 3 aromatic rings. The lowest BCUT2D eigenvalue weighted by atomic mass is 9.81. The smallest absolute Gasteiger partial charge is 0.276 e. The number of hydrogen-bond acceptors (Lipinski definition) is 5. The summed E-state index contributed by atoms with van der Waals surface area (Å²) in [6.45, 7) is 0.621. The van der Waals surface area contributed by atoms with Gasteiger partial charge in [0.15, 0.2) is 0 Å². The number of hydrogen-bond donors (Lipinski definition) is 1. The van der Waals surface area contributed by atoms with Crippen molar-refractivity contribution in [2.24, 2.45) is 5.41 Å². The maximum Gasteiger partial charge on any atom is 0.276 e. The summed E-state index contributed by atoms with van der Waals surface area (Å²) in [6.07, 6.45) is 8.07. The lowest BCUT2D eigenvalue weighted by Gasteiger charge is -2.24. The van der Waals surface area contributed by atoms with E-state index in [9.17, 15) is 9.59 Å². The molecule has 0 saturated heterocycles. The summed E-state index contributed by atoms with van der Waals surface area (Å²) in [7, 11) is 5.11. The summed E-state index contributed by atoms with van der Waals surface area (Å²) in [5.74, 6) is 1.18. The standard InChI is InChI=1S/C29H33N3O4/c1-31(2)36-30-28(34)19-9-11-22-25(13-19)32-16-29(17-33)15-24(29)23-14-20(35-3)10-12-21(23)27(32)26(22)18-7-5-4-6-8-18/h9-14,17-18,24H,4-8,15-16H2,1-3H3,(H,30,34). The number of methoxy groups -OCH3 is 1. The molecule has 2 unspecified atom stereocenters. The van der Waals surface area contributed by atoms with Crippen molar-refractivity contribution in [3.63, 3.8) is 0 Å². The van der Waals surface area contributed by atoms with E-state index in [1.54, 1.807) is 21.2 Å². The van der Waals surface area contributed by atoms with Crippen LogP contribution >= 0.6 is 0 Å². The van der Waals surface area contributed by atoms with Gasteiger partial charge in [-0.3, -0.25) is 4.79 Å². The minimum atomic E-state index is -0.422. The van der Waals surface area contributed by atoms with Gasteiger partial charge in [0, 0.05) is 42.7 Å². The second-order valence-electron chi connectivity index (χ2n) is 10.8. The van der Waals surface area contributed by atoms with Crippen LogP contribution in [0.4, 0.5) is 0 Å². The molecule has 1 aromatic heterocycles. The Kier molecular flexibility index (Phi) is 5.65. The van der Waals surface area contributed by atoms with Crippen LogP contribution in [-0.2, 0) is 16.3 Å².